The van der Waals surface area contributed by atoms with E-state index in [2.05, 4.69) is 41.1 Å². The summed E-state index contributed by atoms with van der Waals surface area (Å²) in [5.41, 5.74) is 7.84. The molecule has 4 rings (SSSR count). The van der Waals surface area contributed by atoms with Crippen molar-refractivity contribution in [1.82, 2.24) is 14.8 Å². The second-order valence-corrected chi connectivity index (χ2v) is 10.5. The second-order valence-electron chi connectivity index (χ2n) is 9.66. The molecule has 1 aromatic heterocycles. The van der Waals surface area contributed by atoms with Crippen molar-refractivity contribution in [2.24, 2.45) is 5.41 Å². The number of unbranched alkanes of at least 4 members (excludes halogenated alkanes) is 1. The van der Waals surface area contributed by atoms with Crippen LogP contribution in [0, 0.1) is 5.41 Å². The highest BCUT2D eigenvalue weighted by molar-refractivity contribution is 7.13. The number of nitrogens with two attached hydrogens (primary N) is 1. The highest BCUT2D eigenvalue weighted by Gasteiger charge is 2.37. The average Bonchev–Trinajstić information content (AvgIpc) is 3.26. The number of carbonyl (C=O) groups is 1. The van der Waals surface area contributed by atoms with Gasteiger partial charge in [0.25, 0.3) is 5.91 Å². The smallest absolute Gasteiger partial charge is 0.273 e. The number of thiazole rings is 1. The summed E-state index contributed by atoms with van der Waals surface area (Å²) >= 11 is 1.34. The molecule has 7 heteroatoms. The molecule has 0 unspecified atom stereocenters. The van der Waals surface area contributed by atoms with Gasteiger partial charge in [-0.25, -0.2) is 4.98 Å². The van der Waals surface area contributed by atoms with Crippen LogP contribution in [-0.4, -0.2) is 60.0 Å². The predicted octanol–water partition coefficient (Wildman–Crippen LogP) is 4.86. The molecule has 0 atom stereocenters. The van der Waals surface area contributed by atoms with Crippen molar-refractivity contribution in [3.05, 3.63) is 40.9 Å². The van der Waals surface area contributed by atoms with Crippen LogP contribution in [0.5, 0.6) is 5.75 Å². The number of para-hydroxylation sites is 1. The number of piperidine rings is 1. The van der Waals surface area contributed by atoms with Crippen molar-refractivity contribution >= 4 is 22.4 Å². The van der Waals surface area contributed by atoms with Gasteiger partial charge in [-0.3, -0.25) is 9.69 Å². The number of rotatable bonds is 4. The van der Waals surface area contributed by atoms with Gasteiger partial charge >= 0.3 is 0 Å². The Hall–Kier alpha value is -2.12. The first-order chi connectivity index (χ1) is 16.1. The van der Waals surface area contributed by atoms with E-state index in [1.807, 2.05) is 4.90 Å². The van der Waals surface area contributed by atoms with E-state index in [1.165, 1.54) is 49.0 Å². The van der Waals surface area contributed by atoms with Crippen LogP contribution in [0.4, 0.5) is 5.13 Å². The minimum absolute atomic E-state index is 0.0267. The second kappa shape index (κ2) is 11.3. The highest BCUT2D eigenvalue weighted by Crippen LogP contribution is 2.39. The van der Waals surface area contributed by atoms with Gasteiger partial charge in [-0.15, -0.1) is 11.3 Å². The Balaban J connectivity index is 1.45. The molecule has 2 aromatic rings. The van der Waals surface area contributed by atoms with Crippen LogP contribution in [0.2, 0.25) is 0 Å². The van der Waals surface area contributed by atoms with Crippen LogP contribution < -0.4 is 10.5 Å². The minimum atomic E-state index is 0.0267. The Morgan fingerprint density at radius 1 is 1.18 bits per heavy atom. The van der Waals surface area contributed by atoms with E-state index < -0.39 is 0 Å². The molecule has 1 fully saturated rings. The summed E-state index contributed by atoms with van der Waals surface area (Å²) in [5, 5.41) is 2.24. The number of aryl methyl sites for hydroxylation is 1. The molecule has 3 heterocycles. The Morgan fingerprint density at radius 2 is 2.00 bits per heavy atom. The number of carbonyl (C=O) groups excluding carboxylic acids is 1. The van der Waals surface area contributed by atoms with Crippen molar-refractivity contribution < 1.29 is 9.53 Å². The lowest BCUT2D eigenvalue weighted by molar-refractivity contribution is 0.0372. The third-order valence-electron chi connectivity index (χ3n) is 7.28. The zero-order valence-corrected chi connectivity index (χ0v) is 20.7. The van der Waals surface area contributed by atoms with E-state index in [-0.39, 0.29) is 11.3 Å². The molecule has 1 aromatic carbocycles. The van der Waals surface area contributed by atoms with Gasteiger partial charge in [0.1, 0.15) is 18.1 Å². The third kappa shape index (κ3) is 6.27. The summed E-state index contributed by atoms with van der Waals surface area (Å²) in [6, 6.07) is 8.51. The fourth-order valence-electron chi connectivity index (χ4n) is 5.30. The first kappa shape index (κ1) is 24.0. The number of fused-ring (bicyclic) bond motifs is 1. The first-order valence-corrected chi connectivity index (χ1v) is 13.4. The van der Waals surface area contributed by atoms with E-state index in [4.69, 9.17) is 10.5 Å². The normalized spacial score (nSPS) is 19.8. The summed E-state index contributed by atoms with van der Waals surface area (Å²) in [6.45, 7) is 7.76. The Bertz CT molecular complexity index is 907. The quantitative estimate of drug-likeness (QED) is 0.691. The predicted molar refractivity (Wildman–Crippen MR) is 135 cm³/mol. The molecule has 2 aliphatic heterocycles. The van der Waals surface area contributed by atoms with Crippen molar-refractivity contribution in [2.75, 3.05) is 45.1 Å². The molecule has 6 nitrogen and oxygen atoms in total. The number of nitrogen functional groups attached to an aromatic ring is 1. The molecule has 180 valence electrons. The molecule has 1 spiro atoms. The zero-order valence-electron chi connectivity index (χ0n) is 19.9. The lowest BCUT2D eigenvalue weighted by atomic mass is 9.73. The van der Waals surface area contributed by atoms with E-state index in [0.29, 0.717) is 10.8 Å². The molecule has 0 radical (unpaired) electrons. The van der Waals surface area contributed by atoms with Gasteiger partial charge in [0.2, 0.25) is 0 Å². The number of benzene rings is 1. The number of ether oxygens (including phenoxy) is 1. The van der Waals surface area contributed by atoms with Crippen LogP contribution in [0.3, 0.4) is 0 Å². The standard InChI is InChI=1S/C26H38N4O2S/c1-2-3-14-29-17-18-32-23-10-5-4-8-21(23)9-6-7-11-26(20-29)12-15-30(16-13-26)24(31)22-19-33-25(27)28-22/h4-5,8,10,19H,2-3,6-7,9,11-18,20H2,1H3,(H2,27,28). The number of aromatic nitrogens is 1. The van der Waals surface area contributed by atoms with Crippen LogP contribution in [0.25, 0.3) is 0 Å². The van der Waals surface area contributed by atoms with E-state index in [0.717, 1.165) is 64.3 Å². The molecular formula is C26H38N4O2S. The maximum absolute atomic E-state index is 12.9. The summed E-state index contributed by atoms with van der Waals surface area (Å²) in [6.07, 6.45) is 9.21. The maximum atomic E-state index is 12.9. The molecule has 1 amide bonds. The fraction of sp³-hybridized carbons (Fsp3) is 0.615. The van der Waals surface area contributed by atoms with Gasteiger partial charge in [-0.05, 0) is 62.1 Å². The Morgan fingerprint density at radius 3 is 2.76 bits per heavy atom. The van der Waals surface area contributed by atoms with Crippen molar-refractivity contribution in [3.8, 4) is 5.75 Å². The van der Waals surface area contributed by atoms with Gasteiger partial charge in [0.15, 0.2) is 5.13 Å². The molecule has 1 saturated heterocycles. The molecule has 2 N–H and O–H groups in total. The maximum Gasteiger partial charge on any atom is 0.273 e. The summed E-state index contributed by atoms with van der Waals surface area (Å²) in [4.78, 5) is 21.7. The highest BCUT2D eigenvalue weighted by atomic mass is 32.1. The topological polar surface area (TPSA) is 71.7 Å². The monoisotopic (exact) mass is 470 g/mol. The molecular weight excluding hydrogens is 432 g/mol. The molecule has 0 saturated carbocycles. The van der Waals surface area contributed by atoms with E-state index in [1.54, 1.807) is 5.38 Å². The van der Waals surface area contributed by atoms with Crippen molar-refractivity contribution in [2.45, 2.75) is 58.3 Å². The molecule has 33 heavy (non-hydrogen) atoms. The SMILES string of the molecule is CCCCN1CCOc2ccccc2CCCCC2(CCN(C(=O)c3csc(N)n3)CC2)C1. The summed E-state index contributed by atoms with van der Waals surface area (Å²) in [5.74, 6) is 1.08. The molecule has 2 aliphatic rings. The number of likely N-dealkylation sites (tertiary alicyclic amines) is 1. The van der Waals surface area contributed by atoms with Crippen molar-refractivity contribution in [1.29, 1.82) is 0 Å². The average molecular weight is 471 g/mol. The van der Waals surface area contributed by atoms with Gasteiger partial charge < -0.3 is 15.4 Å². The molecule has 0 bridgehead atoms. The van der Waals surface area contributed by atoms with Gasteiger partial charge in [0.05, 0.1) is 0 Å². The van der Waals surface area contributed by atoms with Gasteiger partial charge in [-0.2, -0.15) is 0 Å². The van der Waals surface area contributed by atoms with Crippen LogP contribution in [-0.2, 0) is 6.42 Å². The van der Waals surface area contributed by atoms with E-state index >= 15 is 0 Å². The number of hydrogen-bond acceptors (Lipinski definition) is 6. The zero-order chi connectivity index (χ0) is 23.1. The third-order valence-corrected chi connectivity index (χ3v) is 7.95. The van der Waals surface area contributed by atoms with Crippen LogP contribution in [0.1, 0.15) is 67.9 Å². The summed E-state index contributed by atoms with van der Waals surface area (Å²) < 4.78 is 6.24. The van der Waals surface area contributed by atoms with E-state index in [9.17, 15) is 4.79 Å². The Kier molecular flexibility index (Phi) is 8.25. The Labute approximate surface area is 202 Å². The number of anilines is 1. The van der Waals surface area contributed by atoms with Crippen LogP contribution in [0.15, 0.2) is 29.6 Å². The van der Waals surface area contributed by atoms with Gasteiger partial charge in [0, 0.05) is 31.6 Å². The summed E-state index contributed by atoms with van der Waals surface area (Å²) in [7, 11) is 0. The number of nitrogens with zero attached hydrogens (tertiary/aromatic N) is 3. The lowest BCUT2D eigenvalue weighted by Gasteiger charge is -2.45. The van der Waals surface area contributed by atoms with Crippen LogP contribution >= 0.6 is 11.3 Å². The lowest BCUT2D eigenvalue weighted by Crippen LogP contribution is -2.49. The number of hydrogen-bond donors (Lipinski definition) is 1. The number of amides is 1. The van der Waals surface area contributed by atoms with Crippen molar-refractivity contribution in [3.63, 3.8) is 0 Å². The largest absolute Gasteiger partial charge is 0.492 e. The fourth-order valence-corrected chi connectivity index (χ4v) is 5.83. The molecule has 0 aliphatic carbocycles. The first-order valence-electron chi connectivity index (χ1n) is 12.5. The van der Waals surface area contributed by atoms with Gasteiger partial charge in [-0.1, -0.05) is 38.0 Å². The minimum Gasteiger partial charge on any atom is -0.492 e.